The van der Waals surface area contributed by atoms with E-state index in [-0.39, 0.29) is 5.69 Å². The van der Waals surface area contributed by atoms with Crippen LogP contribution in [0.2, 0.25) is 0 Å². The van der Waals surface area contributed by atoms with Gasteiger partial charge in [-0.3, -0.25) is 0 Å². The molecule has 1 fully saturated rings. The third-order valence-corrected chi connectivity index (χ3v) is 3.59. The maximum atomic E-state index is 11.4. The number of carbonyl (C=O) groups excluding carboxylic acids is 1. The van der Waals surface area contributed by atoms with Crippen LogP contribution in [0.1, 0.15) is 30.3 Å². The Balaban J connectivity index is 1.91. The lowest BCUT2D eigenvalue weighted by Crippen LogP contribution is -2.24. The molecule has 6 heteroatoms. The van der Waals surface area contributed by atoms with E-state index in [4.69, 9.17) is 9.15 Å². The molecule has 0 saturated carbocycles. The van der Waals surface area contributed by atoms with Gasteiger partial charge in [-0.2, -0.15) is 16.7 Å². The number of nitrogens with one attached hydrogen (secondary N) is 1. The van der Waals surface area contributed by atoms with E-state index in [2.05, 4.69) is 10.3 Å². The average molecular weight is 256 g/mol. The molecule has 1 aromatic rings. The first-order chi connectivity index (χ1) is 8.29. The molecule has 2 rings (SSSR count). The highest BCUT2D eigenvalue weighted by Crippen LogP contribution is 2.20. The van der Waals surface area contributed by atoms with Gasteiger partial charge in [0.05, 0.1) is 6.61 Å². The molecule has 0 radical (unpaired) electrons. The average Bonchev–Trinajstić information content (AvgIpc) is 2.79. The fraction of sp³-hybridized carbons (Fsp3) is 0.636. The molecule has 1 N–H and O–H groups in total. The minimum absolute atomic E-state index is 0.222. The van der Waals surface area contributed by atoms with Crippen LogP contribution in [0, 0.1) is 0 Å². The number of oxazole rings is 1. The van der Waals surface area contributed by atoms with Crippen molar-refractivity contribution < 1.29 is 13.9 Å². The van der Waals surface area contributed by atoms with Gasteiger partial charge < -0.3 is 14.5 Å². The fourth-order valence-electron chi connectivity index (χ4n) is 1.66. The minimum atomic E-state index is -0.441. The van der Waals surface area contributed by atoms with Crippen molar-refractivity contribution in [3.63, 3.8) is 0 Å². The Labute approximate surface area is 104 Å². The zero-order valence-corrected chi connectivity index (χ0v) is 10.6. The number of carbonyl (C=O) groups is 1. The number of anilines is 1. The molecule has 0 aromatic carbocycles. The number of nitrogens with zero attached hydrogens (tertiary/aromatic N) is 1. The Morgan fingerprint density at radius 2 is 2.41 bits per heavy atom. The molecule has 94 valence electrons. The fourth-order valence-corrected chi connectivity index (χ4v) is 2.76. The number of esters is 1. The van der Waals surface area contributed by atoms with E-state index < -0.39 is 5.97 Å². The number of aromatic nitrogens is 1. The van der Waals surface area contributed by atoms with E-state index >= 15 is 0 Å². The summed E-state index contributed by atoms with van der Waals surface area (Å²) in [6.45, 7) is 2.10. The highest BCUT2D eigenvalue weighted by Gasteiger charge is 2.17. The van der Waals surface area contributed by atoms with Gasteiger partial charge >= 0.3 is 5.97 Å². The number of hydrogen-bond acceptors (Lipinski definition) is 6. The summed E-state index contributed by atoms with van der Waals surface area (Å²) in [5, 5.41) is 3.20. The quantitative estimate of drug-likeness (QED) is 0.833. The Morgan fingerprint density at radius 3 is 3.12 bits per heavy atom. The van der Waals surface area contributed by atoms with E-state index in [1.807, 2.05) is 11.8 Å². The lowest BCUT2D eigenvalue weighted by Gasteiger charge is -2.21. The molecule has 0 aliphatic carbocycles. The van der Waals surface area contributed by atoms with E-state index in [1.54, 1.807) is 6.92 Å². The molecule has 5 nitrogen and oxygen atoms in total. The van der Waals surface area contributed by atoms with Crippen LogP contribution in [-0.2, 0) is 4.74 Å². The topological polar surface area (TPSA) is 64.4 Å². The molecule has 0 spiro atoms. The van der Waals surface area contributed by atoms with Crippen LogP contribution in [-0.4, -0.2) is 35.1 Å². The maximum Gasteiger partial charge on any atom is 0.360 e. The highest BCUT2D eigenvalue weighted by atomic mass is 32.2. The first-order valence-corrected chi connectivity index (χ1v) is 6.92. The monoisotopic (exact) mass is 256 g/mol. The van der Waals surface area contributed by atoms with Crippen molar-refractivity contribution in [3.05, 3.63) is 12.0 Å². The van der Waals surface area contributed by atoms with Crippen molar-refractivity contribution >= 4 is 23.7 Å². The molecule has 1 aromatic heterocycles. The number of thioether (sulfide) groups is 1. The van der Waals surface area contributed by atoms with Gasteiger partial charge in [0.15, 0.2) is 5.69 Å². The van der Waals surface area contributed by atoms with Crippen molar-refractivity contribution in [2.45, 2.75) is 25.8 Å². The smallest absolute Gasteiger partial charge is 0.360 e. The van der Waals surface area contributed by atoms with Crippen molar-refractivity contribution in [2.24, 2.45) is 0 Å². The van der Waals surface area contributed by atoms with Crippen LogP contribution in [0.3, 0.4) is 0 Å². The van der Waals surface area contributed by atoms with Gasteiger partial charge in [-0.05, 0) is 31.3 Å². The van der Waals surface area contributed by atoms with Crippen molar-refractivity contribution in [3.8, 4) is 0 Å². The summed E-state index contributed by atoms with van der Waals surface area (Å²) in [6.07, 6.45) is 3.53. The van der Waals surface area contributed by atoms with Crippen LogP contribution in [0.15, 0.2) is 10.7 Å². The molecule has 0 bridgehead atoms. The normalized spacial score (nSPS) is 16.8. The minimum Gasteiger partial charge on any atom is -0.461 e. The van der Waals surface area contributed by atoms with E-state index in [0.717, 1.165) is 24.3 Å². The molecule has 17 heavy (non-hydrogen) atoms. The number of hydrogen-bond donors (Lipinski definition) is 1. The summed E-state index contributed by atoms with van der Waals surface area (Å²) >= 11 is 1.96. The number of rotatable bonds is 4. The Kier molecular flexibility index (Phi) is 4.30. The standard InChI is InChI=1S/C11H16N2O3S/c1-2-15-10(14)9-7-16-11(13-9)12-8-3-5-17-6-4-8/h7-8H,2-6H2,1H3,(H,12,13). The van der Waals surface area contributed by atoms with Crippen LogP contribution in [0.25, 0.3) is 0 Å². The summed E-state index contributed by atoms with van der Waals surface area (Å²) in [7, 11) is 0. The lowest BCUT2D eigenvalue weighted by molar-refractivity contribution is 0.0519. The predicted octanol–water partition coefficient (Wildman–Crippen LogP) is 2.16. The summed E-state index contributed by atoms with van der Waals surface area (Å²) < 4.78 is 10.0. The second kappa shape index (κ2) is 5.95. The molecule has 2 heterocycles. The summed E-state index contributed by atoms with van der Waals surface area (Å²) in [5.41, 5.74) is 0.222. The van der Waals surface area contributed by atoms with Crippen LogP contribution in [0.5, 0.6) is 0 Å². The van der Waals surface area contributed by atoms with Gasteiger partial charge in [-0.15, -0.1) is 0 Å². The Bertz CT molecular complexity index is 375. The van der Waals surface area contributed by atoms with E-state index in [1.165, 1.54) is 6.26 Å². The summed E-state index contributed by atoms with van der Waals surface area (Å²) in [5.74, 6) is 1.87. The molecular formula is C11H16N2O3S. The van der Waals surface area contributed by atoms with Crippen molar-refractivity contribution in [1.29, 1.82) is 0 Å². The van der Waals surface area contributed by atoms with Gasteiger partial charge in [-0.25, -0.2) is 4.79 Å². The lowest BCUT2D eigenvalue weighted by atomic mass is 10.2. The third kappa shape index (κ3) is 3.39. The SMILES string of the molecule is CCOC(=O)c1coc(NC2CCSCC2)n1. The largest absolute Gasteiger partial charge is 0.461 e. The van der Waals surface area contributed by atoms with Crippen LogP contribution >= 0.6 is 11.8 Å². The van der Waals surface area contributed by atoms with Crippen molar-refractivity contribution in [2.75, 3.05) is 23.4 Å². The summed E-state index contributed by atoms with van der Waals surface area (Å²) in [4.78, 5) is 15.4. The van der Waals surface area contributed by atoms with Gasteiger partial charge in [-0.1, -0.05) is 0 Å². The second-order valence-electron chi connectivity index (χ2n) is 3.79. The highest BCUT2D eigenvalue weighted by molar-refractivity contribution is 7.99. The molecule has 1 aliphatic heterocycles. The Morgan fingerprint density at radius 1 is 1.65 bits per heavy atom. The third-order valence-electron chi connectivity index (χ3n) is 2.54. The van der Waals surface area contributed by atoms with Gasteiger partial charge in [0, 0.05) is 6.04 Å². The number of ether oxygens (including phenoxy) is 1. The van der Waals surface area contributed by atoms with Gasteiger partial charge in [0.25, 0.3) is 6.01 Å². The molecule has 0 atom stereocenters. The predicted molar refractivity (Wildman–Crippen MR) is 66.4 cm³/mol. The molecule has 1 aliphatic rings. The zero-order chi connectivity index (χ0) is 12.1. The van der Waals surface area contributed by atoms with Crippen LogP contribution in [0.4, 0.5) is 6.01 Å². The second-order valence-corrected chi connectivity index (χ2v) is 5.01. The van der Waals surface area contributed by atoms with Gasteiger partial charge in [0.2, 0.25) is 0 Å². The van der Waals surface area contributed by atoms with Crippen LogP contribution < -0.4 is 5.32 Å². The zero-order valence-electron chi connectivity index (χ0n) is 9.77. The summed E-state index contributed by atoms with van der Waals surface area (Å²) in [6, 6.07) is 0.801. The van der Waals surface area contributed by atoms with E-state index in [0.29, 0.717) is 18.7 Å². The first-order valence-electron chi connectivity index (χ1n) is 5.76. The Hall–Kier alpha value is -1.17. The first kappa shape index (κ1) is 12.3. The van der Waals surface area contributed by atoms with Crippen molar-refractivity contribution in [1.82, 2.24) is 4.98 Å². The van der Waals surface area contributed by atoms with E-state index in [9.17, 15) is 4.79 Å². The molecular weight excluding hydrogens is 240 g/mol. The maximum absolute atomic E-state index is 11.4. The molecule has 0 unspecified atom stereocenters. The molecule has 0 amide bonds. The van der Waals surface area contributed by atoms with Gasteiger partial charge in [0.1, 0.15) is 6.26 Å². The molecule has 1 saturated heterocycles.